The van der Waals surface area contributed by atoms with Crippen molar-refractivity contribution in [2.45, 2.75) is 37.7 Å². The Bertz CT molecular complexity index is 667. The SMILES string of the molecule is CCN(C[C@H]1CCCO1)C(=O)Nc1cc(S(C)(=O)=O)ccc1C. The molecule has 1 fully saturated rings. The molecule has 1 aliphatic rings. The number of hydrogen-bond donors (Lipinski definition) is 1. The zero-order valence-electron chi connectivity index (χ0n) is 13.8. The highest BCUT2D eigenvalue weighted by Gasteiger charge is 2.22. The van der Waals surface area contributed by atoms with Gasteiger partial charge in [-0.15, -0.1) is 0 Å². The van der Waals surface area contributed by atoms with Gasteiger partial charge in [0.05, 0.1) is 11.0 Å². The molecule has 0 aliphatic carbocycles. The number of sulfone groups is 1. The Labute approximate surface area is 137 Å². The molecular formula is C16H24N2O4S. The van der Waals surface area contributed by atoms with Crippen LogP contribution in [0.25, 0.3) is 0 Å². The number of likely N-dealkylation sites (N-methyl/N-ethyl adjacent to an activating group) is 1. The second kappa shape index (κ2) is 7.31. The van der Waals surface area contributed by atoms with Crippen LogP contribution in [-0.4, -0.2) is 51.4 Å². The molecule has 2 rings (SSSR count). The molecule has 128 valence electrons. The Kier molecular flexibility index (Phi) is 5.64. The summed E-state index contributed by atoms with van der Waals surface area (Å²) >= 11 is 0. The zero-order chi connectivity index (χ0) is 17.0. The Hall–Kier alpha value is -1.60. The summed E-state index contributed by atoms with van der Waals surface area (Å²) in [6, 6.07) is 4.51. The third kappa shape index (κ3) is 4.68. The summed E-state index contributed by atoms with van der Waals surface area (Å²) in [5.41, 5.74) is 1.34. The van der Waals surface area contributed by atoms with E-state index in [1.54, 1.807) is 17.0 Å². The molecule has 0 bridgehead atoms. The number of amides is 2. The highest BCUT2D eigenvalue weighted by Crippen LogP contribution is 2.21. The fourth-order valence-electron chi connectivity index (χ4n) is 2.55. The summed E-state index contributed by atoms with van der Waals surface area (Å²) in [7, 11) is -3.31. The van der Waals surface area contributed by atoms with Crippen molar-refractivity contribution >= 4 is 21.6 Å². The number of hydrogen-bond acceptors (Lipinski definition) is 4. The summed E-state index contributed by atoms with van der Waals surface area (Å²) in [6.07, 6.45) is 3.23. The number of nitrogens with zero attached hydrogens (tertiary/aromatic N) is 1. The Morgan fingerprint density at radius 2 is 2.17 bits per heavy atom. The zero-order valence-corrected chi connectivity index (χ0v) is 14.6. The van der Waals surface area contributed by atoms with Gasteiger partial charge in [-0.3, -0.25) is 0 Å². The molecule has 0 aromatic heterocycles. The second-order valence-corrected chi connectivity index (χ2v) is 7.87. The van der Waals surface area contributed by atoms with Gasteiger partial charge in [0.15, 0.2) is 9.84 Å². The number of carbonyl (C=O) groups excluding carboxylic acids is 1. The molecule has 1 atom stereocenters. The van der Waals surface area contributed by atoms with E-state index in [0.717, 1.165) is 31.3 Å². The first-order chi connectivity index (χ1) is 10.8. The van der Waals surface area contributed by atoms with Crippen molar-refractivity contribution in [2.24, 2.45) is 0 Å². The molecule has 23 heavy (non-hydrogen) atoms. The van der Waals surface area contributed by atoms with Gasteiger partial charge in [0, 0.05) is 31.6 Å². The lowest BCUT2D eigenvalue weighted by molar-refractivity contribution is 0.0849. The molecule has 1 heterocycles. The maximum Gasteiger partial charge on any atom is 0.321 e. The van der Waals surface area contributed by atoms with Crippen LogP contribution in [0.4, 0.5) is 10.5 Å². The van der Waals surface area contributed by atoms with Gasteiger partial charge in [-0.2, -0.15) is 0 Å². The molecule has 0 unspecified atom stereocenters. The van der Waals surface area contributed by atoms with Crippen LogP contribution in [0.15, 0.2) is 23.1 Å². The number of carbonyl (C=O) groups is 1. The van der Waals surface area contributed by atoms with E-state index in [-0.39, 0.29) is 17.0 Å². The predicted octanol–water partition coefficient (Wildman–Crippen LogP) is 2.43. The van der Waals surface area contributed by atoms with E-state index < -0.39 is 9.84 Å². The number of nitrogens with one attached hydrogen (secondary N) is 1. The van der Waals surface area contributed by atoms with E-state index in [4.69, 9.17) is 4.74 Å². The Morgan fingerprint density at radius 1 is 1.43 bits per heavy atom. The summed E-state index contributed by atoms with van der Waals surface area (Å²) < 4.78 is 28.9. The first-order valence-electron chi connectivity index (χ1n) is 7.79. The molecule has 2 amide bonds. The minimum atomic E-state index is -3.31. The standard InChI is InChI=1S/C16H24N2O4S/c1-4-18(11-13-6-5-9-22-13)16(19)17-15-10-14(23(3,20)21)8-7-12(15)2/h7-8,10,13H,4-6,9,11H2,1-3H3,(H,17,19)/t13-/m1/s1. The van der Waals surface area contributed by atoms with Gasteiger partial charge in [0.2, 0.25) is 0 Å². The van der Waals surface area contributed by atoms with Crippen molar-refractivity contribution in [3.8, 4) is 0 Å². The van der Waals surface area contributed by atoms with Gasteiger partial charge in [0.1, 0.15) is 0 Å². The van der Waals surface area contributed by atoms with Gasteiger partial charge in [-0.1, -0.05) is 6.07 Å². The minimum Gasteiger partial charge on any atom is -0.376 e. The smallest absolute Gasteiger partial charge is 0.321 e. The van der Waals surface area contributed by atoms with Gasteiger partial charge < -0.3 is 15.0 Å². The maximum atomic E-state index is 12.5. The van der Waals surface area contributed by atoms with Crippen LogP contribution in [-0.2, 0) is 14.6 Å². The molecule has 7 heteroatoms. The molecular weight excluding hydrogens is 316 g/mol. The molecule has 0 radical (unpaired) electrons. The third-order valence-electron chi connectivity index (χ3n) is 4.00. The summed E-state index contributed by atoms with van der Waals surface area (Å²) in [5, 5.41) is 2.81. The lowest BCUT2D eigenvalue weighted by atomic mass is 10.2. The fourth-order valence-corrected chi connectivity index (χ4v) is 3.20. The molecule has 1 aromatic carbocycles. The van der Waals surface area contributed by atoms with Gasteiger partial charge in [-0.25, -0.2) is 13.2 Å². The van der Waals surface area contributed by atoms with Crippen LogP contribution in [0.3, 0.4) is 0 Å². The monoisotopic (exact) mass is 340 g/mol. The number of anilines is 1. The summed E-state index contributed by atoms with van der Waals surface area (Å²) in [5.74, 6) is 0. The Morgan fingerprint density at radius 3 is 2.74 bits per heavy atom. The lowest BCUT2D eigenvalue weighted by Crippen LogP contribution is -2.40. The summed E-state index contributed by atoms with van der Waals surface area (Å²) in [6.45, 7) is 5.61. The first-order valence-corrected chi connectivity index (χ1v) is 9.68. The first kappa shape index (κ1) is 17.7. The van der Waals surface area contributed by atoms with Crippen molar-refractivity contribution in [3.05, 3.63) is 23.8 Å². The fraction of sp³-hybridized carbons (Fsp3) is 0.562. The number of benzene rings is 1. The van der Waals surface area contributed by atoms with E-state index in [1.807, 2.05) is 13.8 Å². The van der Waals surface area contributed by atoms with Crippen LogP contribution < -0.4 is 5.32 Å². The van der Waals surface area contributed by atoms with Gasteiger partial charge >= 0.3 is 6.03 Å². The molecule has 6 nitrogen and oxygen atoms in total. The van der Waals surface area contributed by atoms with Crippen molar-refractivity contribution in [2.75, 3.05) is 31.3 Å². The lowest BCUT2D eigenvalue weighted by Gasteiger charge is -2.24. The van der Waals surface area contributed by atoms with E-state index >= 15 is 0 Å². The van der Waals surface area contributed by atoms with Crippen molar-refractivity contribution < 1.29 is 17.9 Å². The molecule has 1 aliphatic heterocycles. The third-order valence-corrected chi connectivity index (χ3v) is 5.11. The van der Waals surface area contributed by atoms with E-state index in [1.165, 1.54) is 6.07 Å². The van der Waals surface area contributed by atoms with Gasteiger partial charge in [0.25, 0.3) is 0 Å². The predicted molar refractivity (Wildman–Crippen MR) is 89.5 cm³/mol. The van der Waals surface area contributed by atoms with Crippen molar-refractivity contribution in [3.63, 3.8) is 0 Å². The number of urea groups is 1. The average Bonchev–Trinajstić information content (AvgIpc) is 2.98. The van der Waals surface area contributed by atoms with Crippen LogP contribution >= 0.6 is 0 Å². The normalized spacial score (nSPS) is 18.0. The van der Waals surface area contributed by atoms with Crippen LogP contribution in [0.2, 0.25) is 0 Å². The molecule has 1 saturated heterocycles. The van der Waals surface area contributed by atoms with Crippen LogP contribution in [0.1, 0.15) is 25.3 Å². The number of aryl methyl sites for hydroxylation is 1. The summed E-state index contributed by atoms with van der Waals surface area (Å²) in [4.78, 5) is 14.3. The highest BCUT2D eigenvalue weighted by molar-refractivity contribution is 7.90. The minimum absolute atomic E-state index is 0.0872. The maximum absolute atomic E-state index is 12.5. The molecule has 1 N–H and O–H groups in total. The van der Waals surface area contributed by atoms with Crippen LogP contribution in [0, 0.1) is 6.92 Å². The molecule has 0 spiro atoms. The van der Waals surface area contributed by atoms with Crippen LogP contribution in [0.5, 0.6) is 0 Å². The van der Waals surface area contributed by atoms with E-state index in [2.05, 4.69) is 5.32 Å². The Balaban J connectivity index is 2.11. The van der Waals surface area contributed by atoms with Gasteiger partial charge in [-0.05, 0) is 44.4 Å². The number of rotatable bonds is 5. The van der Waals surface area contributed by atoms with Crippen molar-refractivity contribution in [1.29, 1.82) is 0 Å². The molecule has 0 saturated carbocycles. The average molecular weight is 340 g/mol. The second-order valence-electron chi connectivity index (χ2n) is 5.85. The highest BCUT2D eigenvalue weighted by atomic mass is 32.2. The van der Waals surface area contributed by atoms with E-state index in [0.29, 0.717) is 18.8 Å². The quantitative estimate of drug-likeness (QED) is 0.893. The van der Waals surface area contributed by atoms with E-state index in [9.17, 15) is 13.2 Å². The largest absolute Gasteiger partial charge is 0.376 e. The topological polar surface area (TPSA) is 75.7 Å². The number of ether oxygens (including phenoxy) is 1. The molecule has 1 aromatic rings. The van der Waals surface area contributed by atoms with Crippen molar-refractivity contribution in [1.82, 2.24) is 4.90 Å².